The molecular weight excluding hydrogens is 298 g/mol. The maximum atomic E-state index is 11.3. The van der Waals surface area contributed by atoms with E-state index in [4.69, 9.17) is 4.74 Å². The van der Waals surface area contributed by atoms with Crippen molar-refractivity contribution in [1.29, 1.82) is 0 Å². The van der Waals surface area contributed by atoms with Crippen molar-refractivity contribution in [3.63, 3.8) is 0 Å². The molecule has 0 aliphatic heterocycles. The van der Waals surface area contributed by atoms with Crippen LogP contribution >= 0.6 is 0 Å². The Morgan fingerprint density at radius 1 is 1.26 bits per heavy atom. The number of hydrogen-bond donors (Lipinski definition) is 2. The number of rotatable bonds is 5. The highest BCUT2D eigenvalue weighted by Gasteiger charge is 2.12. The SMILES string of the molecule is CCOC(=O)NNc1ncnc2c1nnn2Cc1ccccc1. The van der Waals surface area contributed by atoms with Gasteiger partial charge in [-0.05, 0) is 12.5 Å². The highest BCUT2D eigenvalue weighted by Crippen LogP contribution is 2.16. The molecule has 9 nitrogen and oxygen atoms in total. The molecule has 0 bridgehead atoms. The van der Waals surface area contributed by atoms with Gasteiger partial charge in [-0.1, -0.05) is 35.5 Å². The molecule has 0 unspecified atom stereocenters. The molecule has 3 aromatic rings. The fourth-order valence-electron chi connectivity index (χ4n) is 2.02. The summed E-state index contributed by atoms with van der Waals surface area (Å²) < 4.78 is 6.43. The van der Waals surface area contributed by atoms with Crippen LogP contribution in [0.5, 0.6) is 0 Å². The number of benzene rings is 1. The van der Waals surface area contributed by atoms with E-state index >= 15 is 0 Å². The molecule has 0 radical (unpaired) electrons. The van der Waals surface area contributed by atoms with Crippen LogP contribution in [0.3, 0.4) is 0 Å². The van der Waals surface area contributed by atoms with Crippen LogP contribution in [0.4, 0.5) is 10.6 Å². The van der Waals surface area contributed by atoms with Gasteiger partial charge in [0.1, 0.15) is 6.33 Å². The second-order valence-electron chi connectivity index (χ2n) is 4.60. The van der Waals surface area contributed by atoms with Crippen molar-refractivity contribution in [1.82, 2.24) is 30.4 Å². The summed E-state index contributed by atoms with van der Waals surface area (Å²) >= 11 is 0. The van der Waals surface area contributed by atoms with Gasteiger partial charge in [-0.3, -0.25) is 5.43 Å². The number of aromatic nitrogens is 5. The Labute approximate surface area is 131 Å². The van der Waals surface area contributed by atoms with E-state index in [1.807, 2.05) is 30.3 Å². The summed E-state index contributed by atoms with van der Waals surface area (Å²) in [5.74, 6) is 0.349. The summed E-state index contributed by atoms with van der Waals surface area (Å²) in [6.07, 6.45) is 0.776. The van der Waals surface area contributed by atoms with Gasteiger partial charge in [0.2, 0.25) is 0 Å². The molecule has 0 saturated carbocycles. The van der Waals surface area contributed by atoms with E-state index in [1.54, 1.807) is 11.6 Å². The number of ether oxygens (including phenoxy) is 1. The van der Waals surface area contributed by atoms with Crippen LogP contribution in [0.2, 0.25) is 0 Å². The molecular formula is C14H15N7O2. The minimum Gasteiger partial charge on any atom is -0.449 e. The van der Waals surface area contributed by atoms with Gasteiger partial charge in [-0.25, -0.2) is 24.9 Å². The van der Waals surface area contributed by atoms with Crippen LogP contribution in [0.15, 0.2) is 36.7 Å². The molecule has 9 heteroatoms. The van der Waals surface area contributed by atoms with Gasteiger partial charge in [0.05, 0.1) is 13.2 Å². The second-order valence-corrected chi connectivity index (χ2v) is 4.60. The number of carbonyl (C=O) groups is 1. The third-order valence-electron chi connectivity index (χ3n) is 3.03. The van der Waals surface area contributed by atoms with E-state index in [0.29, 0.717) is 23.5 Å². The predicted octanol–water partition coefficient (Wildman–Crippen LogP) is 1.34. The van der Waals surface area contributed by atoms with Crippen molar-refractivity contribution in [3.05, 3.63) is 42.2 Å². The van der Waals surface area contributed by atoms with Crippen molar-refractivity contribution in [3.8, 4) is 0 Å². The number of fused-ring (bicyclic) bond motifs is 1. The number of nitrogens with zero attached hydrogens (tertiary/aromatic N) is 5. The van der Waals surface area contributed by atoms with Crippen LogP contribution in [0, 0.1) is 0 Å². The molecule has 1 aromatic carbocycles. The summed E-state index contributed by atoms with van der Waals surface area (Å²) in [6, 6.07) is 9.86. The van der Waals surface area contributed by atoms with Crippen LogP contribution in [0.1, 0.15) is 12.5 Å². The molecule has 0 fully saturated rings. The Hall–Kier alpha value is -3.23. The lowest BCUT2D eigenvalue weighted by atomic mass is 10.2. The summed E-state index contributed by atoms with van der Waals surface area (Å²) in [5, 5.41) is 8.17. The largest absolute Gasteiger partial charge is 0.449 e. The molecule has 0 saturated heterocycles. The topological polar surface area (TPSA) is 107 Å². The Kier molecular flexibility index (Phi) is 4.27. The Morgan fingerprint density at radius 2 is 2.09 bits per heavy atom. The smallest absolute Gasteiger partial charge is 0.425 e. The number of nitrogens with one attached hydrogen (secondary N) is 2. The first-order valence-electron chi connectivity index (χ1n) is 7.05. The van der Waals surface area contributed by atoms with Crippen molar-refractivity contribution in [2.45, 2.75) is 13.5 Å². The lowest BCUT2D eigenvalue weighted by Crippen LogP contribution is -2.30. The first-order chi connectivity index (χ1) is 11.3. The maximum Gasteiger partial charge on any atom is 0.425 e. The van der Waals surface area contributed by atoms with Crippen molar-refractivity contribution in [2.75, 3.05) is 12.0 Å². The Balaban J connectivity index is 1.81. The predicted molar refractivity (Wildman–Crippen MR) is 82.4 cm³/mol. The average Bonchev–Trinajstić information content (AvgIpc) is 2.98. The zero-order valence-corrected chi connectivity index (χ0v) is 12.4. The highest BCUT2D eigenvalue weighted by molar-refractivity contribution is 5.83. The molecule has 2 N–H and O–H groups in total. The quantitative estimate of drug-likeness (QED) is 0.684. The Morgan fingerprint density at radius 3 is 2.87 bits per heavy atom. The molecule has 0 aliphatic carbocycles. The summed E-state index contributed by atoms with van der Waals surface area (Å²) in [6.45, 7) is 2.54. The Bertz CT molecular complexity index is 803. The molecule has 3 rings (SSSR count). The first-order valence-corrected chi connectivity index (χ1v) is 7.05. The fraction of sp³-hybridized carbons (Fsp3) is 0.214. The number of hydrazine groups is 1. The molecule has 0 atom stereocenters. The standard InChI is InChI=1S/C14H15N7O2/c1-2-23-14(22)19-18-12-11-13(16-9-15-12)21(20-17-11)8-10-6-4-3-5-7-10/h3-7,9H,2,8H2,1H3,(H,19,22)(H,15,16,18). The van der Waals surface area contributed by atoms with Crippen LogP contribution in [0.25, 0.3) is 11.2 Å². The van der Waals surface area contributed by atoms with E-state index < -0.39 is 6.09 Å². The monoisotopic (exact) mass is 313 g/mol. The maximum absolute atomic E-state index is 11.3. The van der Waals surface area contributed by atoms with E-state index in [1.165, 1.54) is 6.33 Å². The van der Waals surface area contributed by atoms with E-state index in [0.717, 1.165) is 5.56 Å². The van der Waals surface area contributed by atoms with Crippen LogP contribution in [-0.4, -0.2) is 37.7 Å². The zero-order valence-electron chi connectivity index (χ0n) is 12.4. The third kappa shape index (κ3) is 3.34. The van der Waals surface area contributed by atoms with Gasteiger partial charge in [-0.2, -0.15) is 0 Å². The molecule has 2 aromatic heterocycles. The summed E-state index contributed by atoms with van der Waals surface area (Å²) in [5.41, 5.74) is 7.14. The minimum atomic E-state index is -0.601. The van der Waals surface area contributed by atoms with Crippen molar-refractivity contribution in [2.24, 2.45) is 0 Å². The van der Waals surface area contributed by atoms with E-state index in [2.05, 4.69) is 31.1 Å². The van der Waals surface area contributed by atoms with Crippen molar-refractivity contribution < 1.29 is 9.53 Å². The summed E-state index contributed by atoms with van der Waals surface area (Å²) in [4.78, 5) is 19.6. The lowest BCUT2D eigenvalue weighted by Gasteiger charge is -2.07. The van der Waals surface area contributed by atoms with Crippen LogP contribution < -0.4 is 10.9 Å². The first kappa shape index (κ1) is 14.7. The minimum absolute atomic E-state index is 0.278. The molecule has 23 heavy (non-hydrogen) atoms. The molecule has 1 amide bonds. The van der Waals surface area contributed by atoms with E-state index in [9.17, 15) is 4.79 Å². The van der Waals surface area contributed by atoms with Gasteiger partial charge in [0.25, 0.3) is 0 Å². The van der Waals surface area contributed by atoms with Crippen LogP contribution in [-0.2, 0) is 11.3 Å². The van der Waals surface area contributed by atoms with Gasteiger partial charge in [0.15, 0.2) is 17.0 Å². The molecule has 2 heterocycles. The van der Waals surface area contributed by atoms with Gasteiger partial charge in [0, 0.05) is 0 Å². The number of carbonyl (C=O) groups excluding carboxylic acids is 1. The van der Waals surface area contributed by atoms with Gasteiger partial charge >= 0.3 is 6.09 Å². The molecule has 0 spiro atoms. The normalized spacial score (nSPS) is 10.5. The average molecular weight is 313 g/mol. The zero-order chi connectivity index (χ0) is 16.1. The number of amides is 1. The van der Waals surface area contributed by atoms with Crippen molar-refractivity contribution >= 4 is 23.1 Å². The molecule has 118 valence electrons. The number of hydrogen-bond acceptors (Lipinski definition) is 7. The van der Waals surface area contributed by atoms with Gasteiger partial charge < -0.3 is 4.74 Å². The highest BCUT2D eigenvalue weighted by atomic mass is 16.5. The lowest BCUT2D eigenvalue weighted by molar-refractivity contribution is 0.154. The molecule has 0 aliphatic rings. The number of anilines is 1. The van der Waals surface area contributed by atoms with E-state index in [-0.39, 0.29) is 6.61 Å². The summed E-state index contributed by atoms with van der Waals surface area (Å²) in [7, 11) is 0. The second kappa shape index (κ2) is 6.69. The van der Waals surface area contributed by atoms with Gasteiger partial charge in [-0.15, -0.1) is 5.10 Å². The third-order valence-corrected chi connectivity index (χ3v) is 3.03. The fourth-order valence-corrected chi connectivity index (χ4v) is 2.02.